The Bertz CT molecular complexity index is 688. The third-order valence-corrected chi connectivity index (χ3v) is 3.84. The number of anilines is 1. The first-order chi connectivity index (χ1) is 11.1. The monoisotopic (exact) mass is 391 g/mol. The first kappa shape index (κ1) is 17.3. The summed E-state index contributed by atoms with van der Waals surface area (Å²) in [5.41, 5.74) is 8.46. The Morgan fingerprint density at radius 3 is 2.48 bits per heavy atom. The molecule has 2 aromatic rings. The second kappa shape index (κ2) is 8.55. The van der Waals surface area contributed by atoms with E-state index in [4.69, 9.17) is 17.0 Å². The van der Waals surface area contributed by atoms with Crippen LogP contribution in [0.5, 0.6) is 5.75 Å². The van der Waals surface area contributed by atoms with Gasteiger partial charge in [0, 0.05) is 15.7 Å². The van der Waals surface area contributed by atoms with Crippen LogP contribution in [0.2, 0.25) is 0 Å². The first-order valence-corrected chi connectivity index (χ1v) is 8.30. The third-order valence-electron chi connectivity index (χ3n) is 2.95. The fraction of sp³-hybridized carbons (Fsp3) is 0.118. The molecule has 2 aromatic carbocycles. The fourth-order valence-electron chi connectivity index (χ4n) is 1.87. The molecule has 6 heteroatoms. The Balaban J connectivity index is 1.85. The zero-order valence-electron chi connectivity index (χ0n) is 12.7. The summed E-state index contributed by atoms with van der Waals surface area (Å²) in [5, 5.41) is 3.53. The van der Waals surface area contributed by atoms with E-state index < -0.39 is 0 Å². The van der Waals surface area contributed by atoms with Crippen molar-refractivity contribution >= 4 is 44.6 Å². The zero-order chi connectivity index (χ0) is 16.7. The summed E-state index contributed by atoms with van der Waals surface area (Å²) in [4.78, 5) is 0. The Morgan fingerprint density at radius 1 is 1.13 bits per heavy atom. The van der Waals surface area contributed by atoms with E-state index >= 15 is 0 Å². The second-order valence-corrected chi connectivity index (χ2v) is 5.88. The van der Waals surface area contributed by atoms with Gasteiger partial charge in [-0.3, -0.25) is 10.9 Å². The fourth-order valence-corrected chi connectivity index (χ4v) is 2.56. The number of thiocarbonyl (C=S) groups is 1. The molecule has 0 radical (unpaired) electrons. The molecule has 2 rings (SSSR count). The van der Waals surface area contributed by atoms with Gasteiger partial charge < -0.3 is 10.1 Å². The third kappa shape index (κ3) is 5.26. The highest BCUT2D eigenvalue weighted by Gasteiger charge is 2.04. The minimum Gasteiger partial charge on any atom is -0.494 e. The van der Waals surface area contributed by atoms with E-state index in [2.05, 4.69) is 38.7 Å². The first-order valence-electron chi connectivity index (χ1n) is 7.10. The van der Waals surface area contributed by atoms with Crippen molar-refractivity contribution in [3.63, 3.8) is 0 Å². The lowest BCUT2D eigenvalue weighted by Crippen LogP contribution is -2.38. The van der Waals surface area contributed by atoms with Crippen molar-refractivity contribution in [3.8, 4) is 5.75 Å². The van der Waals surface area contributed by atoms with Gasteiger partial charge in [-0.1, -0.05) is 40.7 Å². The number of hydrazine groups is 1. The number of rotatable bonds is 6. The lowest BCUT2D eigenvalue weighted by Gasteiger charge is -2.15. The molecule has 0 aliphatic carbocycles. The summed E-state index contributed by atoms with van der Waals surface area (Å²) in [5.74, 6) is 0.831. The van der Waals surface area contributed by atoms with E-state index in [1.165, 1.54) is 0 Å². The molecule has 4 nitrogen and oxygen atoms in total. The average Bonchev–Trinajstić information content (AvgIpc) is 2.55. The Kier molecular flexibility index (Phi) is 6.43. The molecule has 0 atom stereocenters. The van der Waals surface area contributed by atoms with Gasteiger partial charge in [0.2, 0.25) is 0 Å². The molecule has 120 valence electrons. The van der Waals surface area contributed by atoms with Gasteiger partial charge in [-0.2, -0.15) is 0 Å². The van der Waals surface area contributed by atoms with Crippen LogP contribution in [0.15, 0.2) is 59.6 Å². The molecular weight excluding hydrogens is 374 g/mol. The van der Waals surface area contributed by atoms with Gasteiger partial charge in [0.05, 0.1) is 12.3 Å². The minimum atomic E-state index is 0.447. The highest BCUT2D eigenvalue weighted by molar-refractivity contribution is 9.10. The van der Waals surface area contributed by atoms with Crippen LogP contribution in [-0.2, 0) is 0 Å². The van der Waals surface area contributed by atoms with E-state index in [-0.39, 0.29) is 0 Å². The van der Waals surface area contributed by atoms with Crippen molar-refractivity contribution < 1.29 is 4.74 Å². The van der Waals surface area contributed by atoms with Crippen LogP contribution in [0, 0.1) is 0 Å². The number of hydrogen-bond donors (Lipinski definition) is 3. The predicted molar refractivity (Wildman–Crippen MR) is 103 cm³/mol. The van der Waals surface area contributed by atoms with Crippen LogP contribution in [0.4, 0.5) is 5.69 Å². The van der Waals surface area contributed by atoms with E-state index in [1.54, 1.807) is 0 Å². The molecule has 0 spiro atoms. The molecule has 0 aromatic heterocycles. The summed E-state index contributed by atoms with van der Waals surface area (Å²) in [6.45, 7) is 6.59. The highest BCUT2D eigenvalue weighted by atomic mass is 79.9. The summed E-state index contributed by atoms with van der Waals surface area (Å²) < 4.78 is 6.36. The van der Waals surface area contributed by atoms with Gasteiger partial charge in [0.1, 0.15) is 5.75 Å². The van der Waals surface area contributed by atoms with Crippen molar-refractivity contribution in [1.29, 1.82) is 0 Å². The van der Waals surface area contributed by atoms with Crippen molar-refractivity contribution in [2.24, 2.45) is 0 Å². The minimum absolute atomic E-state index is 0.447. The van der Waals surface area contributed by atoms with Crippen molar-refractivity contribution in [1.82, 2.24) is 10.9 Å². The number of benzene rings is 2. The molecule has 23 heavy (non-hydrogen) atoms. The van der Waals surface area contributed by atoms with Crippen LogP contribution in [0.1, 0.15) is 12.5 Å². The molecule has 0 aliphatic rings. The normalized spacial score (nSPS) is 9.83. The van der Waals surface area contributed by atoms with E-state index in [0.29, 0.717) is 17.4 Å². The molecule has 0 amide bonds. The molecule has 0 aliphatic heterocycles. The zero-order valence-corrected chi connectivity index (χ0v) is 15.1. The highest BCUT2D eigenvalue weighted by Crippen LogP contribution is 2.20. The maximum absolute atomic E-state index is 5.40. The number of halogens is 1. The van der Waals surface area contributed by atoms with Crippen LogP contribution < -0.4 is 20.9 Å². The molecule has 0 heterocycles. The topological polar surface area (TPSA) is 45.3 Å². The SMILES string of the molecule is C=C(NNC(=S)Nc1ccc(OCC)cc1)c1ccccc1Br. The predicted octanol–water partition coefficient (Wildman–Crippen LogP) is 4.31. The average molecular weight is 392 g/mol. The lowest BCUT2D eigenvalue weighted by molar-refractivity contribution is 0.340. The summed E-state index contributed by atoms with van der Waals surface area (Å²) in [6, 6.07) is 15.4. The standard InChI is InChI=1S/C17H18BrN3OS/c1-3-22-14-10-8-13(9-11-14)19-17(23)21-20-12(2)15-6-4-5-7-16(15)18/h4-11,20H,2-3H2,1H3,(H2,19,21,23). The molecule has 3 N–H and O–H groups in total. The Morgan fingerprint density at radius 2 is 1.83 bits per heavy atom. The quantitative estimate of drug-likeness (QED) is 0.505. The van der Waals surface area contributed by atoms with Crippen molar-refractivity contribution in [3.05, 3.63) is 65.1 Å². The lowest BCUT2D eigenvalue weighted by atomic mass is 10.2. The Hall–Kier alpha value is -2.05. The van der Waals surface area contributed by atoms with Crippen LogP contribution in [0.25, 0.3) is 5.70 Å². The molecule has 0 unspecified atom stereocenters. The van der Waals surface area contributed by atoms with Crippen LogP contribution in [0.3, 0.4) is 0 Å². The second-order valence-electron chi connectivity index (χ2n) is 4.62. The van der Waals surface area contributed by atoms with Gasteiger partial charge >= 0.3 is 0 Å². The maximum Gasteiger partial charge on any atom is 0.189 e. The van der Waals surface area contributed by atoms with Crippen molar-refractivity contribution in [2.75, 3.05) is 11.9 Å². The maximum atomic E-state index is 5.40. The molecule has 0 saturated carbocycles. The van der Waals surface area contributed by atoms with E-state index in [9.17, 15) is 0 Å². The van der Waals surface area contributed by atoms with Crippen molar-refractivity contribution in [2.45, 2.75) is 6.92 Å². The molecule has 0 saturated heterocycles. The van der Waals surface area contributed by atoms with E-state index in [1.807, 2.05) is 55.5 Å². The van der Waals surface area contributed by atoms with Gasteiger partial charge in [0.15, 0.2) is 5.11 Å². The van der Waals surface area contributed by atoms with Gasteiger partial charge in [-0.15, -0.1) is 0 Å². The summed E-state index contributed by atoms with van der Waals surface area (Å²) in [6.07, 6.45) is 0. The van der Waals surface area contributed by atoms with Crippen LogP contribution in [-0.4, -0.2) is 11.7 Å². The number of hydrogen-bond acceptors (Lipinski definition) is 3. The van der Waals surface area contributed by atoms with Crippen LogP contribution >= 0.6 is 28.1 Å². The smallest absolute Gasteiger partial charge is 0.189 e. The largest absolute Gasteiger partial charge is 0.494 e. The van der Waals surface area contributed by atoms with Gasteiger partial charge in [-0.25, -0.2) is 0 Å². The number of ether oxygens (including phenoxy) is 1. The van der Waals surface area contributed by atoms with E-state index in [0.717, 1.165) is 21.5 Å². The summed E-state index contributed by atoms with van der Waals surface area (Å²) in [7, 11) is 0. The molecule has 0 fully saturated rings. The molecular formula is C17H18BrN3OS. The van der Waals surface area contributed by atoms with Gasteiger partial charge in [0.25, 0.3) is 0 Å². The number of nitrogens with one attached hydrogen (secondary N) is 3. The summed E-state index contributed by atoms with van der Waals surface area (Å²) >= 11 is 8.74. The molecule has 0 bridgehead atoms. The van der Waals surface area contributed by atoms with Gasteiger partial charge in [-0.05, 0) is 49.5 Å². The Labute approximate surface area is 150 Å².